The summed E-state index contributed by atoms with van der Waals surface area (Å²) in [6.45, 7) is 4.52. The Hall–Kier alpha value is -0.910. The number of rotatable bonds is 7. The summed E-state index contributed by atoms with van der Waals surface area (Å²) in [5.41, 5.74) is 0. The molecule has 3 N–H and O–H groups in total. The molecule has 0 spiro atoms. The molecule has 0 aromatic heterocycles. The van der Waals surface area contributed by atoms with Gasteiger partial charge < -0.3 is 15.7 Å². The van der Waals surface area contributed by atoms with Crippen molar-refractivity contribution in [2.24, 2.45) is 11.8 Å². The molecule has 1 aliphatic rings. The van der Waals surface area contributed by atoms with Crippen molar-refractivity contribution in [2.75, 3.05) is 19.3 Å². The second kappa shape index (κ2) is 7.76. The minimum Gasteiger partial charge on any atom is -0.481 e. The molecule has 20 heavy (non-hydrogen) atoms. The standard InChI is InChI=1S/C14H26N2O3S/c1-10(2)11(12(17)18)8-15-13(19)16-9-14(20-3)6-4-5-7-14/h10-11H,4-9H2,1-3H3,(H,17,18)(H2,15,16,19). The van der Waals surface area contributed by atoms with Crippen LogP contribution in [0.1, 0.15) is 39.5 Å². The number of hydrogen-bond acceptors (Lipinski definition) is 3. The molecule has 1 atom stereocenters. The molecule has 5 nitrogen and oxygen atoms in total. The van der Waals surface area contributed by atoms with Crippen LogP contribution in [0.4, 0.5) is 4.79 Å². The molecule has 0 aromatic rings. The van der Waals surface area contributed by atoms with E-state index in [0.29, 0.717) is 6.54 Å². The van der Waals surface area contributed by atoms with Crippen molar-refractivity contribution in [3.63, 3.8) is 0 Å². The van der Waals surface area contributed by atoms with Gasteiger partial charge in [0.15, 0.2) is 0 Å². The number of nitrogens with one attached hydrogen (secondary N) is 2. The van der Waals surface area contributed by atoms with Crippen molar-refractivity contribution in [3.05, 3.63) is 0 Å². The van der Waals surface area contributed by atoms with Gasteiger partial charge in [0.05, 0.1) is 5.92 Å². The first kappa shape index (κ1) is 17.1. The van der Waals surface area contributed by atoms with Crippen LogP contribution in [0.25, 0.3) is 0 Å². The van der Waals surface area contributed by atoms with E-state index in [2.05, 4.69) is 16.9 Å². The number of carbonyl (C=O) groups is 2. The average molecular weight is 302 g/mol. The van der Waals surface area contributed by atoms with E-state index >= 15 is 0 Å². The van der Waals surface area contributed by atoms with Crippen LogP contribution >= 0.6 is 11.8 Å². The Bertz CT molecular complexity index is 341. The smallest absolute Gasteiger partial charge is 0.314 e. The zero-order chi connectivity index (χ0) is 15.2. The highest BCUT2D eigenvalue weighted by atomic mass is 32.2. The van der Waals surface area contributed by atoms with Crippen molar-refractivity contribution in [2.45, 2.75) is 44.3 Å². The lowest BCUT2D eigenvalue weighted by Gasteiger charge is -2.27. The summed E-state index contributed by atoms with van der Waals surface area (Å²) in [4.78, 5) is 22.8. The minimum absolute atomic E-state index is 0.000159. The number of thioether (sulfide) groups is 1. The summed E-state index contributed by atoms with van der Waals surface area (Å²) in [6, 6.07) is -0.266. The molecule has 1 fully saturated rings. The Balaban J connectivity index is 2.34. The summed E-state index contributed by atoms with van der Waals surface area (Å²) < 4.78 is 0.168. The average Bonchev–Trinajstić information content (AvgIpc) is 2.85. The number of amides is 2. The van der Waals surface area contributed by atoms with Gasteiger partial charge in [-0.1, -0.05) is 26.7 Å². The van der Waals surface area contributed by atoms with Crippen molar-refractivity contribution < 1.29 is 14.7 Å². The van der Waals surface area contributed by atoms with E-state index in [0.717, 1.165) is 12.8 Å². The van der Waals surface area contributed by atoms with Gasteiger partial charge in [-0.2, -0.15) is 11.8 Å². The molecule has 0 radical (unpaired) electrons. The zero-order valence-corrected chi connectivity index (χ0v) is 13.4. The van der Waals surface area contributed by atoms with Gasteiger partial charge in [-0.3, -0.25) is 4.79 Å². The molecule has 1 aliphatic carbocycles. The van der Waals surface area contributed by atoms with Gasteiger partial charge in [-0.05, 0) is 25.0 Å². The monoisotopic (exact) mass is 302 g/mol. The Kier molecular flexibility index (Phi) is 6.65. The number of carbonyl (C=O) groups excluding carboxylic acids is 1. The minimum atomic E-state index is -0.864. The fourth-order valence-corrected chi connectivity index (χ4v) is 3.50. The third-order valence-corrected chi connectivity index (χ3v) is 5.54. The topological polar surface area (TPSA) is 78.4 Å². The second-order valence-electron chi connectivity index (χ2n) is 5.85. The first-order chi connectivity index (χ1) is 9.40. The van der Waals surface area contributed by atoms with E-state index in [1.807, 2.05) is 25.6 Å². The van der Waals surface area contributed by atoms with Gasteiger partial charge in [-0.15, -0.1) is 0 Å². The van der Waals surface area contributed by atoms with E-state index in [-0.39, 0.29) is 23.2 Å². The Morgan fingerprint density at radius 1 is 1.25 bits per heavy atom. The maximum atomic E-state index is 11.8. The number of hydrogen-bond donors (Lipinski definition) is 3. The summed E-state index contributed by atoms with van der Waals surface area (Å²) in [6.07, 6.45) is 6.80. The van der Waals surface area contributed by atoms with Crippen LogP contribution in [0.15, 0.2) is 0 Å². The first-order valence-electron chi connectivity index (χ1n) is 7.20. The van der Waals surface area contributed by atoms with Gasteiger partial charge in [0.25, 0.3) is 0 Å². The molecule has 0 saturated heterocycles. The molecule has 1 unspecified atom stereocenters. The number of carboxylic acid groups (broad SMARTS) is 1. The first-order valence-corrected chi connectivity index (χ1v) is 8.42. The molecule has 0 aromatic carbocycles. The van der Waals surface area contributed by atoms with Gasteiger partial charge in [0.2, 0.25) is 0 Å². The van der Waals surface area contributed by atoms with Gasteiger partial charge >= 0.3 is 12.0 Å². The largest absolute Gasteiger partial charge is 0.481 e. The quantitative estimate of drug-likeness (QED) is 0.674. The van der Waals surface area contributed by atoms with Crippen LogP contribution in [0, 0.1) is 11.8 Å². The van der Waals surface area contributed by atoms with Crippen molar-refractivity contribution >= 4 is 23.8 Å². The molecular weight excluding hydrogens is 276 g/mol. The van der Waals surface area contributed by atoms with Crippen molar-refractivity contribution in [1.82, 2.24) is 10.6 Å². The number of urea groups is 1. The fourth-order valence-electron chi connectivity index (χ4n) is 2.59. The molecule has 116 valence electrons. The molecule has 0 heterocycles. The molecule has 1 rings (SSSR count). The molecule has 6 heteroatoms. The Labute approximate surface area is 125 Å². The third-order valence-electron chi connectivity index (χ3n) is 4.12. The van der Waals surface area contributed by atoms with Crippen molar-refractivity contribution in [1.29, 1.82) is 0 Å². The third kappa shape index (κ3) is 4.89. The highest BCUT2D eigenvalue weighted by molar-refractivity contribution is 8.00. The molecule has 1 saturated carbocycles. The lowest BCUT2D eigenvalue weighted by atomic mass is 9.96. The van der Waals surface area contributed by atoms with Crippen molar-refractivity contribution in [3.8, 4) is 0 Å². The summed E-state index contributed by atoms with van der Waals surface area (Å²) in [7, 11) is 0. The van der Waals surface area contributed by atoms with E-state index < -0.39 is 11.9 Å². The summed E-state index contributed by atoms with van der Waals surface area (Å²) in [5.74, 6) is -1.40. The van der Waals surface area contributed by atoms with E-state index in [9.17, 15) is 9.59 Å². The molecular formula is C14H26N2O3S. The number of carboxylic acids is 1. The lowest BCUT2D eigenvalue weighted by molar-refractivity contribution is -0.142. The van der Waals surface area contributed by atoms with E-state index in [4.69, 9.17) is 5.11 Å². The predicted molar refractivity (Wildman–Crippen MR) is 82.1 cm³/mol. The maximum Gasteiger partial charge on any atom is 0.314 e. The number of aliphatic carboxylic acids is 1. The van der Waals surface area contributed by atoms with Gasteiger partial charge in [0.1, 0.15) is 0 Å². The highest BCUT2D eigenvalue weighted by Gasteiger charge is 2.33. The zero-order valence-electron chi connectivity index (χ0n) is 12.6. The van der Waals surface area contributed by atoms with Crippen LogP contribution in [0.5, 0.6) is 0 Å². The second-order valence-corrected chi connectivity index (χ2v) is 7.12. The van der Waals surface area contributed by atoms with Crippen LogP contribution in [0.2, 0.25) is 0 Å². The van der Waals surface area contributed by atoms with Crippen LogP contribution < -0.4 is 10.6 Å². The lowest BCUT2D eigenvalue weighted by Crippen LogP contribution is -2.45. The predicted octanol–water partition coefficient (Wildman–Crippen LogP) is 2.32. The highest BCUT2D eigenvalue weighted by Crippen LogP contribution is 2.39. The van der Waals surface area contributed by atoms with Crippen LogP contribution in [0.3, 0.4) is 0 Å². The Morgan fingerprint density at radius 3 is 2.30 bits per heavy atom. The van der Waals surface area contributed by atoms with Gasteiger partial charge in [-0.25, -0.2) is 4.79 Å². The normalized spacial score (nSPS) is 18.8. The summed E-state index contributed by atoms with van der Waals surface area (Å²) in [5, 5.41) is 14.6. The van der Waals surface area contributed by atoms with E-state index in [1.165, 1.54) is 12.8 Å². The SMILES string of the molecule is CSC1(CNC(=O)NCC(C(=O)O)C(C)C)CCCC1. The Morgan fingerprint density at radius 2 is 1.85 bits per heavy atom. The molecule has 0 aliphatic heterocycles. The van der Waals surface area contributed by atoms with Crippen LogP contribution in [-0.2, 0) is 4.79 Å². The van der Waals surface area contributed by atoms with Gasteiger partial charge in [0, 0.05) is 17.8 Å². The fraction of sp³-hybridized carbons (Fsp3) is 0.857. The summed E-state index contributed by atoms with van der Waals surface area (Å²) >= 11 is 1.82. The van der Waals surface area contributed by atoms with E-state index in [1.54, 1.807) is 0 Å². The molecule has 2 amide bonds. The maximum absolute atomic E-state index is 11.8. The van der Waals surface area contributed by atoms with Crippen LogP contribution in [-0.4, -0.2) is 41.2 Å². The molecule has 0 bridgehead atoms.